The van der Waals surface area contributed by atoms with Gasteiger partial charge in [0.15, 0.2) is 0 Å². The van der Waals surface area contributed by atoms with Gasteiger partial charge in [0, 0.05) is 17.8 Å². The van der Waals surface area contributed by atoms with Gasteiger partial charge in [-0.05, 0) is 53.1 Å². The van der Waals surface area contributed by atoms with Crippen LogP contribution in [-0.2, 0) is 26.0 Å². The van der Waals surface area contributed by atoms with E-state index in [0.29, 0.717) is 11.3 Å². The summed E-state index contributed by atoms with van der Waals surface area (Å²) in [5.41, 5.74) is 3.02. The van der Waals surface area contributed by atoms with Gasteiger partial charge in [0.05, 0.1) is 12.0 Å². The number of methoxy groups -OCH3 is 1. The smallest absolute Gasteiger partial charge is 0.414 e. The van der Waals surface area contributed by atoms with E-state index in [1.165, 1.54) is 19.2 Å². The van der Waals surface area contributed by atoms with Crippen molar-refractivity contribution < 1.29 is 27.9 Å². The summed E-state index contributed by atoms with van der Waals surface area (Å²) in [4.78, 5) is 26.3. The lowest BCUT2D eigenvalue weighted by molar-refractivity contribution is -0.138. The Morgan fingerprint density at radius 3 is 2.05 bits per heavy atom. The molecule has 1 unspecified atom stereocenters. The van der Waals surface area contributed by atoms with Crippen LogP contribution in [0.1, 0.15) is 5.56 Å². The topological polar surface area (TPSA) is 113 Å². The number of benzene rings is 4. The van der Waals surface area contributed by atoms with Crippen LogP contribution in [0, 0.1) is 0 Å². The first kappa shape index (κ1) is 26.4. The third kappa shape index (κ3) is 6.19. The number of aliphatic carboxylic acids is 1. The van der Waals surface area contributed by atoms with E-state index in [0.717, 1.165) is 16.0 Å². The maximum absolute atomic E-state index is 12.8. The van der Waals surface area contributed by atoms with E-state index >= 15 is 0 Å². The minimum Gasteiger partial charge on any atom is -0.480 e. The first-order chi connectivity index (χ1) is 18.3. The maximum Gasteiger partial charge on any atom is 0.414 e. The molecule has 0 saturated carbocycles. The molecule has 4 rings (SSSR count). The first-order valence-electron chi connectivity index (χ1n) is 11.7. The number of anilines is 2. The van der Waals surface area contributed by atoms with E-state index in [1.54, 1.807) is 66.7 Å². The molecule has 0 saturated heterocycles. The Morgan fingerprint density at radius 1 is 0.842 bits per heavy atom. The summed E-state index contributed by atoms with van der Waals surface area (Å²) < 4.78 is 32.9. The quantitative estimate of drug-likeness (QED) is 0.299. The Hall–Kier alpha value is -4.63. The van der Waals surface area contributed by atoms with Crippen molar-refractivity contribution in [1.29, 1.82) is 0 Å². The van der Waals surface area contributed by atoms with Gasteiger partial charge in [0.2, 0.25) is 0 Å². The lowest BCUT2D eigenvalue weighted by Gasteiger charge is -2.28. The third-order valence-corrected chi connectivity index (χ3v) is 7.28. The summed E-state index contributed by atoms with van der Waals surface area (Å²) in [6.07, 6.45) is -0.919. The summed E-state index contributed by atoms with van der Waals surface area (Å²) in [5, 5.41) is 10.1. The molecule has 8 nitrogen and oxygen atoms in total. The summed E-state index contributed by atoms with van der Waals surface area (Å²) in [6, 6.07) is 29.6. The first-order valence-corrected chi connectivity index (χ1v) is 13.2. The number of carboxylic acids is 1. The lowest BCUT2D eigenvalue weighted by Crippen LogP contribution is -2.46. The summed E-state index contributed by atoms with van der Waals surface area (Å²) >= 11 is 0. The molecule has 9 heteroatoms. The van der Waals surface area contributed by atoms with Crippen molar-refractivity contribution >= 4 is 33.5 Å². The molecule has 1 atom stereocenters. The predicted molar refractivity (Wildman–Crippen MR) is 146 cm³/mol. The van der Waals surface area contributed by atoms with Crippen molar-refractivity contribution in [2.24, 2.45) is 0 Å². The average molecular weight is 531 g/mol. The molecule has 4 aromatic rings. The summed E-state index contributed by atoms with van der Waals surface area (Å²) in [5.74, 6) is -1.24. The van der Waals surface area contributed by atoms with Crippen LogP contribution in [0.2, 0.25) is 0 Å². The number of hydrogen-bond donors (Lipinski definition) is 2. The van der Waals surface area contributed by atoms with Crippen molar-refractivity contribution in [3.8, 4) is 11.1 Å². The van der Waals surface area contributed by atoms with Crippen LogP contribution in [0.3, 0.4) is 0 Å². The predicted octanol–water partition coefficient (Wildman–Crippen LogP) is 5.42. The molecular weight excluding hydrogens is 504 g/mol. The van der Waals surface area contributed by atoms with E-state index in [-0.39, 0.29) is 17.0 Å². The molecule has 4 aromatic carbocycles. The molecule has 0 bridgehead atoms. The van der Waals surface area contributed by atoms with Crippen LogP contribution < -0.4 is 9.62 Å². The Balaban J connectivity index is 1.61. The molecule has 0 aliphatic heterocycles. The molecule has 0 radical (unpaired) electrons. The number of carbonyl (C=O) groups is 2. The normalized spacial score (nSPS) is 11.8. The van der Waals surface area contributed by atoms with Crippen molar-refractivity contribution in [3.05, 3.63) is 115 Å². The van der Waals surface area contributed by atoms with Gasteiger partial charge in [0.25, 0.3) is 10.0 Å². The van der Waals surface area contributed by atoms with Crippen molar-refractivity contribution in [2.45, 2.75) is 17.4 Å². The second kappa shape index (κ2) is 11.6. The largest absolute Gasteiger partial charge is 0.480 e. The Bertz CT molecular complexity index is 1510. The number of hydrogen-bond acceptors (Lipinski definition) is 5. The Labute approximate surface area is 221 Å². The molecule has 1 amide bonds. The lowest BCUT2D eigenvalue weighted by atomic mass is 10.0. The Kier molecular flexibility index (Phi) is 8.08. The minimum atomic E-state index is -3.83. The van der Waals surface area contributed by atoms with Gasteiger partial charge in [0.1, 0.15) is 6.04 Å². The summed E-state index contributed by atoms with van der Waals surface area (Å²) in [6.45, 7) is 0. The fourth-order valence-corrected chi connectivity index (χ4v) is 5.11. The van der Waals surface area contributed by atoms with Crippen LogP contribution in [0.4, 0.5) is 16.2 Å². The summed E-state index contributed by atoms with van der Waals surface area (Å²) in [7, 11) is -2.64. The molecule has 0 spiro atoms. The zero-order chi connectivity index (χ0) is 27.1. The van der Waals surface area contributed by atoms with Gasteiger partial charge >= 0.3 is 12.1 Å². The molecule has 0 fully saturated rings. The van der Waals surface area contributed by atoms with Crippen molar-refractivity contribution in [1.82, 2.24) is 0 Å². The number of nitrogens with zero attached hydrogens (tertiary/aromatic N) is 1. The molecule has 0 aliphatic rings. The number of carbonyl (C=O) groups excluding carboxylic acids is 1. The number of amides is 1. The van der Waals surface area contributed by atoms with Crippen molar-refractivity contribution in [3.63, 3.8) is 0 Å². The zero-order valence-corrected chi connectivity index (χ0v) is 21.3. The number of carboxylic acid groups (broad SMARTS) is 1. The standard InChI is InChI=1S/C29H26N2O6S/c1-37-29(34)31(25-17-15-23(16-18-25)22-10-4-2-5-11-22)27(28(32)33)20-21-9-8-12-24(19-21)30-38(35,36)26-13-6-3-7-14-26/h2-19,27,30H,20H2,1H3,(H,32,33). The van der Waals surface area contributed by atoms with Gasteiger partial charge in [-0.1, -0.05) is 72.8 Å². The fourth-order valence-electron chi connectivity index (χ4n) is 4.04. The van der Waals surface area contributed by atoms with Gasteiger partial charge < -0.3 is 9.84 Å². The second-order valence-corrected chi connectivity index (χ2v) is 10.1. The highest BCUT2D eigenvalue weighted by molar-refractivity contribution is 7.92. The zero-order valence-electron chi connectivity index (χ0n) is 20.5. The molecule has 38 heavy (non-hydrogen) atoms. The highest BCUT2D eigenvalue weighted by atomic mass is 32.2. The third-order valence-electron chi connectivity index (χ3n) is 5.88. The van der Waals surface area contributed by atoms with Crippen LogP contribution in [0.25, 0.3) is 11.1 Å². The molecule has 0 aliphatic carbocycles. The molecule has 0 heterocycles. The van der Waals surface area contributed by atoms with Crippen LogP contribution in [0.5, 0.6) is 0 Å². The average Bonchev–Trinajstić information content (AvgIpc) is 2.94. The SMILES string of the molecule is COC(=O)N(c1ccc(-c2ccccc2)cc1)C(Cc1cccc(NS(=O)(=O)c2ccccc2)c1)C(=O)O. The van der Waals surface area contributed by atoms with Crippen molar-refractivity contribution in [2.75, 3.05) is 16.7 Å². The molecule has 194 valence electrons. The van der Waals surface area contributed by atoms with E-state index in [9.17, 15) is 23.1 Å². The van der Waals surface area contributed by atoms with Crippen LogP contribution >= 0.6 is 0 Å². The number of nitrogens with one attached hydrogen (secondary N) is 1. The minimum absolute atomic E-state index is 0.0915. The highest BCUT2D eigenvalue weighted by Gasteiger charge is 2.32. The number of ether oxygens (including phenoxy) is 1. The van der Waals surface area contributed by atoms with Gasteiger partial charge in [-0.15, -0.1) is 0 Å². The van der Waals surface area contributed by atoms with Gasteiger partial charge in [-0.25, -0.2) is 18.0 Å². The fraction of sp³-hybridized carbons (Fsp3) is 0.103. The molecular formula is C29H26N2O6S. The van der Waals surface area contributed by atoms with Crippen LogP contribution in [-0.4, -0.2) is 38.7 Å². The highest BCUT2D eigenvalue weighted by Crippen LogP contribution is 2.27. The number of rotatable bonds is 9. The van der Waals surface area contributed by atoms with Gasteiger partial charge in [-0.3, -0.25) is 9.62 Å². The van der Waals surface area contributed by atoms with E-state index in [4.69, 9.17) is 4.74 Å². The van der Waals surface area contributed by atoms with E-state index in [2.05, 4.69) is 4.72 Å². The Morgan fingerprint density at radius 2 is 1.45 bits per heavy atom. The monoisotopic (exact) mass is 530 g/mol. The molecule has 2 N–H and O–H groups in total. The second-order valence-electron chi connectivity index (χ2n) is 8.43. The van der Waals surface area contributed by atoms with Crippen LogP contribution in [0.15, 0.2) is 114 Å². The maximum atomic E-state index is 12.8. The van der Waals surface area contributed by atoms with Gasteiger partial charge in [-0.2, -0.15) is 0 Å². The van der Waals surface area contributed by atoms with E-state index < -0.39 is 28.1 Å². The van der Waals surface area contributed by atoms with E-state index in [1.807, 2.05) is 30.3 Å². The molecule has 0 aromatic heterocycles. The number of sulfonamides is 1.